The van der Waals surface area contributed by atoms with Crippen LogP contribution in [0.3, 0.4) is 0 Å². The minimum Gasteiger partial charge on any atom is -0.418 e. The van der Waals surface area contributed by atoms with Gasteiger partial charge in [-0.3, -0.25) is 9.89 Å². The van der Waals surface area contributed by atoms with Gasteiger partial charge >= 0.3 is 6.09 Å². The summed E-state index contributed by atoms with van der Waals surface area (Å²) in [5.74, 6) is -1.33. The molecule has 0 radical (unpaired) electrons. The first-order valence-corrected chi connectivity index (χ1v) is 12.4. The summed E-state index contributed by atoms with van der Waals surface area (Å²) in [4.78, 5) is 35.3. The summed E-state index contributed by atoms with van der Waals surface area (Å²) >= 11 is 0. The molecule has 1 aliphatic rings. The highest BCUT2D eigenvalue weighted by molar-refractivity contribution is 5.75. The predicted octanol–water partition coefficient (Wildman–Crippen LogP) is 3.70. The molecule has 1 atom stereocenters. The van der Waals surface area contributed by atoms with Crippen molar-refractivity contribution in [2.45, 2.75) is 45.3 Å². The zero-order chi connectivity index (χ0) is 26.2. The average Bonchev–Trinajstić information content (AvgIpc) is 3.55. The molecule has 4 aromatic rings. The van der Waals surface area contributed by atoms with Crippen molar-refractivity contribution in [3.63, 3.8) is 0 Å². The Bertz CT molecular complexity index is 1430. The molecule has 2 aromatic heterocycles. The first-order valence-electron chi connectivity index (χ1n) is 12.4. The van der Waals surface area contributed by atoms with Crippen molar-refractivity contribution < 1.29 is 19.0 Å². The van der Waals surface area contributed by atoms with Gasteiger partial charge in [-0.1, -0.05) is 24.3 Å². The van der Waals surface area contributed by atoms with Gasteiger partial charge in [0, 0.05) is 38.2 Å². The number of imidazole rings is 1. The lowest BCUT2D eigenvalue weighted by Crippen LogP contribution is -2.36. The van der Waals surface area contributed by atoms with Crippen LogP contribution in [0.2, 0.25) is 0 Å². The number of hydrogen-bond donors (Lipinski definition) is 3. The van der Waals surface area contributed by atoms with Crippen LogP contribution in [-0.4, -0.2) is 54.7 Å². The monoisotopic (exact) mass is 507 g/mol. The number of aromatic nitrogens is 4. The molecule has 1 saturated heterocycles. The number of carbonyl (C=O) groups excluding carboxylic acids is 1. The minimum atomic E-state index is -1.54. The number of aliphatic hydroxyl groups is 1. The third-order valence-electron chi connectivity index (χ3n) is 6.61. The van der Waals surface area contributed by atoms with E-state index in [2.05, 4.69) is 15.1 Å². The topological polar surface area (TPSA) is 116 Å². The van der Waals surface area contributed by atoms with Gasteiger partial charge in [-0.25, -0.2) is 14.2 Å². The predicted molar refractivity (Wildman–Crippen MR) is 136 cm³/mol. The Morgan fingerprint density at radius 2 is 1.95 bits per heavy atom. The Morgan fingerprint density at radius 1 is 1.19 bits per heavy atom. The lowest BCUT2D eigenvalue weighted by Gasteiger charge is -2.23. The number of para-hydroxylation sites is 2. The number of H-pyrrole nitrogens is 2. The van der Waals surface area contributed by atoms with Gasteiger partial charge in [0.15, 0.2) is 0 Å². The summed E-state index contributed by atoms with van der Waals surface area (Å²) in [5.41, 5.74) is 3.75. The lowest BCUT2D eigenvalue weighted by molar-refractivity contribution is -0.138. The van der Waals surface area contributed by atoms with Crippen molar-refractivity contribution in [3.05, 3.63) is 81.5 Å². The second kappa shape index (κ2) is 9.85. The molecule has 1 aliphatic heterocycles. The number of hydrogen-bond acceptors (Lipinski definition) is 5. The van der Waals surface area contributed by atoms with Gasteiger partial charge in [0.2, 0.25) is 11.7 Å². The minimum absolute atomic E-state index is 0.112. The first-order chi connectivity index (χ1) is 17.7. The summed E-state index contributed by atoms with van der Waals surface area (Å²) in [6.07, 6.45) is 1.81. The summed E-state index contributed by atoms with van der Waals surface area (Å²) in [6, 6.07) is 13.8. The van der Waals surface area contributed by atoms with Crippen LogP contribution >= 0.6 is 0 Å². The van der Waals surface area contributed by atoms with E-state index in [0.717, 1.165) is 28.7 Å². The average molecular weight is 508 g/mol. The highest BCUT2D eigenvalue weighted by Crippen LogP contribution is 2.24. The van der Waals surface area contributed by atoms with E-state index in [1.807, 2.05) is 24.3 Å². The van der Waals surface area contributed by atoms with Crippen molar-refractivity contribution in [2.75, 3.05) is 13.1 Å². The second-order valence-corrected chi connectivity index (χ2v) is 10.0. The van der Waals surface area contributed by atoms with Crippen LogP contribution in [0.15, 0.2) is 53.3 Å². The van der Waals surface area contributed by atoms with E-state index in [0.29, 0.717) is 43.9 Å². The Morgan fingerprint density at radius 3 is 2.68 bits per heavy atom. The van der Waals surface area contributed by atoms with Gasteiger partial charge in [0.1, 0.15) is 5.82 Å². The zero-order valence-corrected chi connectivity index (χ0v) is 20.8. The molecule has 3 N–H and O–H groups in total. The first kappa shape index (κ1) is 24.8. The Kier molecular flexibility index (Phi) is 6.59. The summed E-state index contributed by atoms with van der Waals surface area (Å²) < 4.78 is 19.9. The van der Waals surface area contributed by atoms with Crippen LogP contribution in [0.4, 0.5) is 9.18 Å². The molecule has 5 rings (SSSR count). The van der Waals surface area contributed by atoms with Crippen molar-refractivity contribution >= 4 is 17.1 Å². The Labute approximate surface area is 212 Å². The molecular weight excluding hydrogens is 477 g/mol. The van der Waals surface area contributed by atoms with Crippen LogP contribution in [0.1, 0.15) is 37.1 Å². The Hall–Kier alpha value is -3.92. The maximum atomic E-state index is 13.5. The molecule has 194 valence electrons. The fraction of sp³-hybridized carbons (Fsp3) is 0.370. The van der Waals surface area contributed by atoms with E-state index >= 15 is 0 Å². The van der Waals surface area contributed by atoms with Crippen molar-refractivity contribution in [2.24, 2.45) is 5.92 Å². The molecule has 2 aromatic carbocycles. The molecule has 9 nitrogen and oxygen atoms in total. The molecule has 1 unspecified atom stereocenters. The smallest absolute Gasteiger partial charge is 0.412 e. The van der Waals surface area contributed by atoms with Gasteiger partial charge in [0.05, 0.1) is 11.0 Å². The van der Waals surface area contributed by atoms with Crippen LogP contribution in [-0.2, 0) is 24.0 Å². The van der Waals surface area contributed by atoms with E-state index < -0.39 is 11.9 Å². The molecule has 1 amide bonds. The standard InChI is InChI=1S/C27H30FN5O4/c1-27(2,36)37-26(35)32-14-13-18(16-32)15-23-20(12-9-17-7-10-19(28)11-8-17)24(34)33(31-23)25-29-21-5-3-4-6-22(21)30-25/h3-8,10-11,18,31,36H,9,12-16H2,1-2H3,(H,29,30). The number of aryl methyl sites for hydroxylation is 1. The van der Waals surface area contributed by atoms with Gasteiger partial charge in [-0.2, -0.15) is 4.68 Å². The molecule has 0 saturated carbocycles. The van der Waals surface area contributed by atoms with Crippen LogP contribution in [0.25, 0.3) is 17.0 Å². The summed E-state index contributed by atoms with van der Waals surface area (Å²) in [5, 5.41) is 13.1. The fourth-order valence-corrected chi connectivity index (χ4v) is 4.79. The number of ether oxygens (including phenoxy) is 1. The normalized spacial score (nSPS) is 16.0. The third kappa shape index (κ3) is 5.59. The largest absolute Gasteiger partial charge is 0.418 e. The van der Waals surface area contributed by atoms with E-state index in [1.165, 1.54) is 30.7 Å². The maximum Gasteiger partial charge on any atom is 0.412 e. The number of fused-ring (bicyclic) bond motifs is 1. The molecule has 0 bridgehead atoms. The zero-order valence-electron chi connectivity index (χ0n) is 20.8. The molecular formula is C27H30FN5O4. The number of carbonyl (C=O) groups is 1. The summed E-state index contributed by atoms with van der Waals surface area (Å²) in [7, 11) is 0. The Balaban J connectivity index is 1.40. The van der Waals surface area contributed by atoms with Gasteiger partial charge in [0.25, 0.3) is 5.56 Å². The molecule has 1 fully saturated rings. The van der Waals surface area contributed by atoms with Gasteiger partial charge in [-0.05, 0) is 61.4 Å². The SMILES string of the molecule is CC(C)(O)OC(=O)N1CCC(Cc2[nH]n(-c3nc4ccccc4[nH]3)c(=O)c2CCc2ccc(F)cc2)C1. The van der Waals surface area contributed by atoms with Gasteiger partial charge in [-0.15, -0.1) is 0 Å². The molecule has 37 heavy (non-hydrogen) atoms. The van der Waals surface area contributed by atoms with Crippen molar-refractivity contribution in [1.29, 1.82) is 0 Å². The number of nitrogens with one attached hydrogen (secondary N) is 2. The summed E-state index contributed by atoms with van der Waals surface area (Å²) in [6.45, 7) is 3.80. The second-order valence-electron chi connectivity index (χ2n) is 10.0. The molecule has 3 heterocycles. The lowest BCUT2D eigenvalue weighted by atomic mass is 9.97. The highest BCUT2D eigenvalue weighted by atomic mass is 19.1. The number of aromatic amines is 2. The van der Waals surface area contributed by atoms with Crippen LogP contribution in [0.5, 0.6) is 0 Å². The third-order valence-corrected chi connectivity index (χ3v) is 6.61. The molecule has 0 spiro atoms. The van der Waals surface area contributed by atoms with Crippen molar-refractivity contribution in [1.82, 2.24) is 24.6 Å². The molecule has 10 heteroatoms. The maximum absolute atomic E-state index is 13.5. The fourth-order valence-electron chi connectivity index (χ4n) is 4.79. The highest BCUT2D eigenvalue weighted by Gasteiger charge is 2.31. The number of amides is 1. The van der Waals surface area contributed by atoms with E-state index in [9.17, 15) is 19.1 Å². The van der Waals surface area contributed by atoms with Crippen molar-refractivity contribution in [3.8, 4) is 5.95 Å². The number of halogens is 1. The van der Waals surface area contributed by atoms with Gasteiger partial charge < -0.3 is 19.7 Å². The molecule has 0 aliphatic carbocycles. The number of benzene rings is 2. The van der Waals surface area contributed by atoms with E-state index in [1.54, 1.807) is 17.0 Å². The number of likely N-dealkylation sites (tertiary alicyclic amines) is 1. The van der Waals surface area contributed by atoms with Crippen LogP contribution < -0.4 is 5.56 Å². The number of nitrogens with zero attached hydrogens (tertiary/aromatic N) is 3. The van der Waals surface area contributed by atoms with E-state index in [-0.39, 0.29) is 17.3 Å². The number of rotatable bonds is 7. The van der Waals surface area contributed by atoms with E-state index in [4.69, 9.17) is 4.74 Å². The quantitative estimate of drug-likeness (QED) is 0.330. The van der Waals surface area contributed by atoms with Crippen LogP contribution in [0, 0.1) is 11.7 Å².